The maximum atomic E-state index is 12.3. The Balaban J connectivity index is 2.24. The average Bonchev–Trinajstić information content (AvgIpc) is 2.57. The summed E-state index contributed by atoms with van der Waals surface area (Å²) in [5, 5.41) is 2.55. The van der Waals surface area contributed by atoms with Gasteiger partial charge in [-0.25, -0.2) is 0 Å². The zero-order chi connectivity index (χ0) is 15.1. The molecule has 0 amide bonds. The summed E-state index contributed by atoms with van der Waals surface area (Å²) in [7, 11) is -0.634. The third kappa shape index (κ3) is 4.49. The molecule has 0 spiro atoms. The van der Waals surface area contributed by atoms with Gasteiger partial charge in [-0.05, 0) is 24.7 Å². The maximum absolute atomic E-state index is 12.3. The second kappa shape index (κ2) is 7.87. The predicted octanol–water partition coefficient (Wildman–Crippen LogP) is 3.61. The first kappa shape index (κ1) is 16.4. The molecule has 2 aromatic rings. The number of rotatable bonds is 7. The van der Waals surface area contributed by atoms with Gasteiger partial charge in [-0.1, -0.05) is 60.7 Å². The van der Waals surface area contributed by atoms with Crippen LogP contribution < -0.4 is 10.6 Å². The molecule has 0 aliphatic heterocycles. The van der Waals surface area contributed by atoms with Gasteiger partial charge in [0.15, 0.2) is 0 Å². The van der Waals surface area contributed by atoms with E-state index in [1.54, 1.807) is 0 Å². The van der Waals surface area contributed by atoms with Crippen molar-refractivity contribution < 1.29 is 13.6 Å². The molecular weight excluding hydrogens is 302 g/mol. The van der Waals surface area contributed by atoms with E-state index in [2.05, 4.69) is 24.3 Å². The Bertz CT molecular complexity index is 539. The second-order valence-electron chi connectivity index (χ2n) is 4.52. The van der Waals surface area contributed by atoms with E-state index < -0.39 is 15.5 Å². The monoisotopic (exact) mass is 322 g/mol. The van der Waals surface area contributed by atoms with Gasteiger partial charge in [0.1, 0.15) is 0 Å². The van der Waals surface area contributed by atoms with Gasteiger partial charge < -0.3 is 9.05 Å². The summed E-state index contributed by atoms with van der Waals surface area (Å²) in [6.07, 6.45) is 1.21. The highest BCUT2D eigenvalue weighted by Crippen LogP contribution is 2.49. The van der Waals surface area contributed by atoms with Crippen LogP contribution in [-0.2, 0) is 13.6 Å². The van der Waals surface area contributed by atoms with Crippen LogP contribution in [0.1, 0.15) is 0 Å². The van der Waals surface area contributed by atoms with Gasteiger partial charge in [-0.15, -0.1) is 0 Å². The van der Waals surface area contributed by atoms with E-state index >= 15 is 0 Å². The van der Waals surface area contributed by atoms with Crippen LogP contribution in [0.5, 0.6) is 0 Å². The molecule has 3 nitrogen and oxygen atoms in total. The molecule has 5 heteroatoms. The van der Waals surface area contributed by atoms with Gasteiger partial charge in [0.05, 0.1) is 6.16 Å². The highest BCUT2D eigenvalue weighted by molar-refractivity contribution is 7.73. The first-order valence-electron chi connectivity index (χ1n) is 6.77. The topological polar surface area (TPSA) is 35.5 Å². The summed E-state index contributed by atoms with van der Waals surface area (Å²) in [6, 6.07) is 20.7. The van der Waals surface area contributed by atoms with Crippen LogP contribution in [0, 0.1) is 0 Å². The Hall–Kier alpha value is -0.980. The Morgan fingerprint density at radius 2 is 1.29 bits per heavy atom. The molecule has 21 heavy (non-hydrogen) atoms. The SMILES string of the molecule is COP(=O)(CCP(c1ccccc1)c1ccccc1)OC. The Labute approximate surface area is 127 Å². The van der Waals surface area contributed by atoms with Crippen molar-refractivity contribution in [3.63, 3.8) is 0 Å². The highest BCUT2D eigenvalue weighted by Gasteiger charge is 2.24. The molecule has 0 radical (unpaired) electrons. The van der Waals surface area contributed by atoms with E-state index in [9.17, 15) is 4.57 Å². The molecule has 0 aromatic heterocycles. The maximum Gasteiger partial charge on any atom is 0.330 e. The first-order valence-corrected chi connectivity index (χ1v) is 10.0. The highest BCUT2D eigenvalue weighted by atomic mass is 31.2. The van der Waals surface area contributed by atoms with Gasteiger partial charge in [0.2, 0.25) is 0 Å². The lowest BCUT2D eigenvalue weighted by atomic mass is 10.4. The third-order valence-electron chi connectivity index (χ3n) is 3.29. The van der Waals surface area contributed by atoms with Crippen LogP contribution in [-0.4, -0.2) is 26.5 Å². The summed E-state index contributed by atoms with van der Waals surface area (Å²) in [4.78, 5) is 0. The molecule has 2 rings (SSSR count). The molecular formula is C16H20O3P2. The molecule has 0 saturated carbocycles. The number of hydrogen-bond donors (Lipinski definition) is 0. The van der Waals surface area contributed by atoms with Crippen LogP contribution in [0.25, 0.3) is 0 Å². The van der Waals surface area contributed by atoms with Gasteiger partial charge in [-0.3, -0.25) is 4.57 Å². The van der Waals surface area contributed by atoms with Gasteiger partial charge in [0.25, 0.3) is 0 Å². The van der Waals surface area contributed by atoms with Gasteiger partial charge in [0, 0.05) is 14.2 Å². The van der Waals surface area contributed by atoms with E-state index in [1.807, 2.05) is 36.4 Å². The fourth-order valence-corrected chi connectivity index (χ4v) is 6.28. The van der Waals surface area contributed by atoms with Gasteiger partial charge in [-0.2, -0.15) is 0 Å². The minimum Gasteiger partial charge on any atom is -0.312 e. The molecule has 0 aliphatic rings. The quantitative estimate of drug-likeness (QED) is 0.731. The lowest BCUT2D eigenvalue weighted by molar-refractivity contribution is 0.277. The van der Waals surface area contributed by atoms with Crippen molar-refractivity contribution in [1.29, 1.82) is 0 Å². The van der Waals surface area contributed by atoms with Crippen molar-refractivity contribution in [3.8, 4) is 0 Å². The van der Waals surface area contributed by atoms with E-state index in [-0.39, 0.29) is 0 Å². The standard InChI is InChI=1S/C16H20O3P2/c1-18-21(17,19-2)14-13-20(15-9-5-3-6-10-15)16-11-7-4-8-12-16/h3-12H,13-14H2,1-2H3. The molecule has 0 atom stereocenters. The lowest BCUT2D eigenvalue weighted by Gasteiger charge is -2.21. The Kier molecular flexibility index (Phi) is 6.14. The van der Waals surface area contributed by atoms with Crippen molar-refractivity contribution in [2.45, 2.75) is 0 Å². The molecule has 0 aliphatic carbocycles. The minimum absolute atomic E-state index is 0.426. The Morgan fingerprint density at radius 3 is 1.67 bits per heavy atom. The number of hydrogen-bond acceptors (Lipinski definition) is 3. The fourth-order valence-electron chi connectivity index (χ4n) is 2.10. The van der Waals surface area contributed by atoms with Gasteiger partial charge >= 0.3 is 7.60 Å². The fraction of sp³-hybridized carbons (Fsp3) is 0.250. The summed E-state index contributed by atoms with van der Waals surface area (Å²) in [5.41, 5.74) is 0. The van der Waals surface area contributed by atoms with E-state index in [4.69, 9.17) is 9.05 Å². The van der Waals surface area contributed by atoms with Crippen molar-refractivity contribution in [3.05, 3.63) is 60.7 Å². The largest absolute Gasteiger partial charge is 0.330 e. The van der Waals surface area contributed by atoms with Crippen molar-refractivity contribution in [1.82, 2.24) is 0 Å². The van der Waals surface area contributed by atoms with E-state index in [0.29, 0.717) is 6.16 Å². The molecule has 112 valence electrons. The van der Waals surface area contributed by atoms with E-state index in [0.717, 1.165) is 6.16 Å². The van der Waals surface area contributed by atoms with Crippen LogP contribution >= 0.6 is 15.5 Å². The minimum atomic E-state index is -2.96. The summed E-state index contributed by atoms with van der Waals surface area (Å²) >= 11 is 0. The number of benzene rings is 2. The first-order chi connectivity index (χ1) is 10.2. The summed E-state index contributed by atoms with van der Waals surface area (Å²) in [5.74, 6) is 0. The molecule has 0 fully saturated rings. The molecule has 0 unspecified atom stereocenters. The molecule has 0 N–H and O–H groups in total. The molecule has 2 aromatic carbocycles. The Morgan fingerprint density at radius 1 is 0.857 bits per heavy atom. The third-order valence-corrected chi connectivity index (χ3v) is 8.04. The molecule has 0 bridgehead atoms. The van der Waals surface area contributed by atoms with Crippen molar-refractivity contribution >= 4 is 26.1 Å². The van der Waals surface area contributed by atoms with Crippen LogP contribution in [0.2, 0.25) is 0 Å². The lowest BCUT2D eigenvalue weighted by Crippen LogP contribution is -2.16. The van der Waals surface area contributed by atoms with Crippen LogP contribution in [0.4, 0.5) is 0 Å². The second-order valence-corrected chi connectivity index (χ2v) is 9.26. The van der Waals surface area contributed by atoms with Crippen molar-refractivity contribution in [2.24, 2.45) is 0 Å². The summed E-state index contributed by atoms with van der Waals surface area (Å²) in [6.45, 7) is 0. The van der Waals surface area contributed by atoms with E-state index in [1.165, 1.54) is 24.8 Å². The predicted molar refractivity (Wildman–Crippen MR) is 90.4 cm³/mol. The zero-order valence-electron chi connectivity index (χ0n) is 12.3. The zero-order valence-corrected chi connectivity index (χ0v) is 14.1. The van der Waals surface area contributed by atoms with Crippen LogP contribution in [0.15, 0.2) is 60.7 Å². The van der Waals surface area contributed by atoms with Crippen molar-refractivity contribution in [2.75, 3.05) is 26.5 Å². The van der Waals surface area contributed by atoms with Crippen LogP contribution in [0.3, 0.4) is 0 Å². The summed E-state index contributed by atoms with van der Waals surface area (Å²) < 4.78 is 22.4. The molecule has 0 saturated heterocycles. The molecule has 0 heterocycles. The smallest absolute Gasteiger partial charge is 0.312 e. The average molecular weight is 322 g/mol. The normalized spacial score (nSPS) is 11.8.